The molecule has 0 aromatic heterocycles. The largest absolute Gasteiger partial charge is 0.464 e. The molecule has 0 amide bonds. The van der Waals surface area contributed by atoms with Gasteiger partial charge in [0.25, 0.3) is 0 Å². The van der Waals surface area contributed by atoms with Crippen LogP contribution in [-0.2, 0) is 41.3 Å². The third kappa shape index (κ3) is 9.28. The van der Waals surface area contributed by atoms with Gasteiger partial charge >= 0.3 is 11.9 Å². The Morgan fingerprint density at radius 1 is 0.725 bits per heavy atom. The Morgan fingerprint density at radius 2 is 1.25 bits per heavy atom. The van der Waals surface area contributed by atoms with E-state index in [1.54, 1.807) is 27.7 Å². The second kappa shape index (κ2) is 13.9. The van der Waals surface area contributed by atoms with E-state index in [4.69, 9.17) is 18.6 Å². The number of rotatable bonds is 13. The number of aryl methyl sites for hydroxylation is 1. The molecule has 2 aromatic carbocycles. The number of hydrogen-bond donors (Lipinski definition) is 0. The van der Waals surface area contributed by atoms with Crippen molar-refractivity contribution in [3.8, 4) is 11.1 Å². The zero-order valence-electron chi connectivity index (χ0n) is 26.3. The highest BCUT2D eigenvalue weighted by Gasteiger charge is 2.47. The lowest BCUT2D eigenvalue weighted by atomic mass is 9.97. The molecule has 0 aliphatic rings. The highest BCUT2D eigenvalue weighted by atomic mass is 28.4. The first-order valence-electron chi connectivity index (χ1n) is 14.4. The minimum atomic E-state index is -2.27. The topological polar surface area (TPSA) is 71.1 Å². The predicted molar refractivity (Wildman–Crippen MR) is 164 cm³/mol. The molecule has 7 heteroatoms. The summed E-state index contributed by atoms with van der Waals surface area (Å²) in [4.78, 5) is 26.1. The van der Waals surface area contributed by atoms with Crippen LogP contribution in [0, 0.1) is 5.41 Å². The SMILES string of the molecule is CCCc1ccc(-c2ccc(COC(COC(=O)C(C)(C)C)(CO[Si](C)(C)C(C)(C)C)C(=O)OCC)cc2)cc1. The van der Waals surface area contributed by atoms with Crippen molar-refractivity contribution in [1.29, 1.82) is 0 Å². The molecule has 0 heterocycles. The third-order valence-electron chi connectivity index (χ3n) is 7.46. The van der Waals surface area contributed by atoms with Crippen LogP contribution in [0.1, 0.15) is 72.9 Å². The average Bonchev–Trinajstić information content (AvgIpc) is 2.88. The number of hydrogen-bond acceptors (Lipinski definition) is 6. The van der Waals surface area contributed by atoms with Gasteiger partial charge in [-0.1, -0.05) is 82.6 Å². The first-order chi connectivity index (χ1) is 18.5. The maximum Gasteiger partial charge on any atom is 0.344 e. The molecule has 40 heavy (non-hydrogen) atoms. The zero-order chi connectivity index (χ0) is 30.2. The van der Waals surface area contributed by atoms with E-state index in [0.29, 0.717) is 0 Å². The van der Waals surface area contributed by atoms with Crippen LogP contribution in [0.25, 0.3) is 11.1 Å². The van der Waals surface area contributed by atoms with Gasteiger partial charge in [-0.2, -0.15) is 0 Å². The molecule has 0 aliphatic heterocycles. The molecule has 0 bridgehead atoms. The van der Waals surface area contributed by atoms with Gasteiger partial charge in [0.05, 0.1) is 25.2 Å². The lowest BCUT2D eigenvalue weighted by molar-refractivity contribution is -0.194. The normalized spacial score (nSPS) is 13.9. The average molecular weight is 571 g/mol. The number of ether oxygens (including phenoxy) is 3. The van der Waals surface area contributed by atoms with Crippen molar-refractivity contribution < 1.29 is 28.2 Å². The van der Waals surface area contributed by atoms with Gasteiger partial charge in [0, 0.05) is 0 Å². The Balaban J connectivity index is 2.32. The smallest absolute Gasteiger partial charge is 0.344 e. The van der Waals surface area contributed by atoms with Gasteiger partial charge in [-0.3, -0.25) is 4.79 Å². The number of carbonyl (C=O) groups is 2. The van der Waals surface area contributed by atoms with Crippen LogP contribution in [0.5, 0.6) is 0 Å². The van der Waals surface area contributed by atoms with Crippen molar-refractivity contribution in [2.75, 3.05) is 19.8 Å². The van der Waals surface area contributed by atoms with Crippen LogP contribution >= 0.6 is 0 Å². The molecular weight excluding hydrogens is 520 g/mol. The maximum atomic E-state index is 13.4. The molecule has 2 rings (SSSR count). The van der Waals surface area contributed by atoms with E-state index in [1.165, 1.54) is 5.56 Å². The second-order valence-electron chi connectivity index (χ2n) is 13.0. The van der Waals surface area contributed by atoms with Crippen LogP contribution < -0.4 is 0 Å². The summed E-state index contributed by atoms with van der Waals surface area (Å²) in [6.07, 6.45) is 2.20. The number of benzene rings is 2. The quantitative estimate of drug-likeness (QED) is 0.181. The first-order valence-corrected chi connectivity index (χ1v) is 17.3. The van der Waals surface area contributed by atoms with Crippen LogP contribution in [0.15, 0.2) is 48.5 Å². The molecule has 0 N–H and O–H groups in total. The van der Waals surface area contributed by atoms with Gasteiger partial charge < -0.3 is 18.6 Å². The van der Waals surface area contributed by atoms with Crippen molar-refractivity contribution in [1.82, 2.24) is 0 Å². The van der Waals surface area contributed by atoms with Crippen LogP contribution in [0.2, 0.25) is 18.1 Å². The number of esters is 2. The van der Waals surface area contributed by atoms with Gasteiger partial charge in [0.15, 0.2) is 8.32 Å². The van der Waals surface area contributed by atoms with Gasteiger partial charge in [-0.05, 0) is 74.5 Å². The molecule has 0 saturated heterocycles. The highest BCUT2D eigenvalue weighted by molar-refractivity contribution is 6.74. The lowest BCUT2D eigenvalue weighted by Gasteiger charge is -2.40. The molecule has 0 radical (unpaired) electrons. The van der Waals surface area contributed by atoms with Crippen molar-refractivity contribution in [3.05, 3.63) is 59.7 Å². The van der Waals surface area contributed by atoms with E-state index >= 15 is 0 Å². The zero-order valence-corrected chi connectivity index (χ0v) is 27.3. The molecule has 1 atom stereocenters. The summed E-state index contributed by atoms with van der Waals surface area (Å²) in [5, 5.41) is -0.0833. The molecule has 1 unspecified atom stereocenters. The Hall–Kier alpha value is -2.48. The maximum absolute atomic E-state index is 13.4. The Morgan fingerprint density at radius 3 is 1.70 bits per heavy atom. The van der Waals surface area contributed by atoms with E-state index in [9.17, 15) is 9.59 Å². The summed E-state index contributed by atoms with van der Waals surface area (Å²) >= 11 is 0. The van der Waals surface area contributed by atoms with E-state index in [-0.39, 0.29) is 31.5 Å². The van der Waals surface area contributed by atoms with Crippen molar-refractivity contribution in [2.45, 2.75) is 98.6 Å². The fourth-order valence-corrected chi connectivity index (χ4v) is 4.67. The lowest BCUT2D eigenvalue weighted by Crippen LogP contribution is -2.55. The molecule has 0 fully saturated rings. The van der Waals surface area contributed by atoms with Crippen LogP contribution in [0.4, 0.5) is 0 Å². The summed E-state index contributed by atoms with van der Waals surface area (Å²) in [5.41, 5.74) is 2.13. The summed E-state index contributed by atoms with van der Waals surface area (Å²) < 4.78 is 23.9. The minimum Gasteiger partial charge on any atom is -0.464 e. The van der Waals surface area contributed by atoms with E-state index in [2.05, 4.69) is 65.1 Å². The second-order valence-corrected chi connectivity index (χ2v) is 17.8. The summed E-state index contributed by atoms with van der Waals surface area (Å²) in [7, 11) is -2.27. The molecule has 2 aromatic rings. The van der Waals surface area contributed by atoms with Crippen molar-refractivity contribution >= 4 is 20.3 Å². The fourth-order valence-electron chi connectivity index (χ4n) is 3.64. The van der Waals surface area contributed by atoms with Gasteiger partial charge in [-0.15, -0.1) is 0 Å². The van der Waals surface area contributed by atoms with Gasteiger partial charge in [0.2, 0.25) is 5.60 Å². The monoisotopic (exact) mass is 570 g/mol. The Kier molecular flexibility index (Phi) is 11.7. The molecule has 0 spiro atoms. The standard InChI is InChI=1S/C33H50O6Si/c1-11-13-25-14-18-27(19-15-25)28-20-16-26(17-21-28)22-38-33(30(35)36-12-2,23-37-29(34)31(3,4)5)24-39-40(9,10)32(6,7)8/h14-21H,11-13,22-24H2,1-10H3. The molecule has 0 saturated carbocycles. The molecular formula is C33H50O6Si. The van der Waals surface area contributed by atoms with Crippen molar-refractivity contribution in [3.63, 3.8) is 0 Å². The highest BCUT2D eigenvalue weighted by Crippen LogP contribution is 2.37. The van der Waals surface area contributed by atoms with Gasteiger partial charge in [-0.25, -0.2) is 4.79 Å². The number of carbonyl (C=O) groups excluding carboxylic acids is 2. The van der Waals surface area contributed by atoms with E-state index < -0.39 is 31.3 Å². The Labute approximate surface area is 242 Å². The Bertz CT molecular complexity index is 1090. The van der Waals surface area contributed by atoms with Crippen molar-refractivity contribution in [2.24, 2.45) is 5.41 Å². The minimum absolute atomic E-state index is 0.0675. The first kappa shape index (κ1) is 33.7. The summed E-state index contributed by atoms with van der Waals surface area (Å²) in [6.45, 7) is 19.8. The molecule has 6 nitrogen and oxygen atoms in total. The van der Waals surface area contributed by atoms with Gasteiger partial charge in [0.1, 0.15) is 6.61 Å². The van der Waals surface area contributed by atoms with Crippen LogP contribution in [0.3, 0.4) is 0 Å². The predicted octanol–water partition coefficient (Wildman–Crippen LogP) is 7.74. The van der Waals surface area contributed by atoms with Crippen LogP contribution in [-0.4, -0.2) is 45.7 Å². The molecule has 222 valence electrons. The summed E-state index contributed by atoms with van der Waals surface area (Å²) in [6, 6.07) is 16.7. The van der Waals surface area contributed by atoms with E-state index in [0.717, 1.165) is 29.5 Å². The fraction of sp³-hybridized carbons (Fsp3) is 0.576. The molecule has 0 aliphatic carbocycles. The van der Waals surface area contributed by atoms with E-state index in [1.807, 2.05) is 24.3 Å². The third-order valence-corrected chi connectivity index (χ3v) is 11.9. The summed E-state index contributed by atoms with van der Waals surface area (Å²) in [5.74, 6) is -1.02.